The van der Waals surface area contributed by atoms with Gasteiger partial charge in [-0.3, -0.25) is 4.79 Å². The Bertz CT molecular complexity index is 1080. The molecule has 0 saturated carbocycles. The van der Waals surface area contributed by atoms with Crippen LogP contribution in [-0.4, -0.2) is 5.91 Å². The van der Waals surface area contributed by atoms with Crippen LogP contribution in [0.5, 0.6) is 5.75 Å². The van der Waals surface area contributed by atoms with Crippen LogP contribution in [0, 0.1) is 17.1 Å². The number of rotatable bonds is 5. The highest BCUT2D eigenvalue weighted by atomic mass is 19.4. The van der Waals surface area contributed by atoms with E-state index in [4.69, 9.17) is 14.4 Å². The SMILES string of the molecule is N#Cc1cccc(OCc2ccoc2C(=O)Nc2cc(C(F)(F)F)ccc2F)c1. The first-order valence-electron chi connectivity index (χ1n) is 8.15. The number of nitrogens with one attached hydrogen (secondary N) is 1. The second-order valence-electron chi connectivity index (χ2n) is 5.85. The standard InChI is InChI=1S/C20H12F4N2O3/c21-16-5-4-14(20(22,23)24)9-17(16)26-19(27)18-13(6-7-28-18)11-29-15-3-1-2-12(8-15)10-25/h1-9H,11H2,(H,26,27). The molecule has 0 spiro atoms. The molecule has 0 aliphatic rings. The summed E-state index contributed by atoms with van der Waals surface area (Å²) in [7, 11) is 0. The number of alkyl halides is 3. The van der Waals surface area contributed by atoms with E-state index in [0.717, 1.165) is 0 Å². The van der Waals surface area contributed by atoms with Crippen LogP contribution in [0.3, 0.4) is 0 Å². The minimum Gasteiger partial charge on any atom is -0.489 e. The molecule has 0 aliphatic carbocycles. The van der Waals surface area contributed by atoms with Gasteiger partial charge >= 0.3 is 6.18 Å². The van der Waals surface area contributed by atoms with E-state index in [2.05, 4.69) is 5.32 Å². The maximum Gasteiger partial charge on any atom is 0.416 e. The van der Waals surface area contributed by atoms with E-state index >= 15 is 0 Å². The first kappa shape index (κ1) is 19.9. The zero-order chi connectivity index (χ0) is 21.0. The lowest BCUT2D eigenvalue weighted by Gasteiger charge is -2.11. The molecule has 3 rings (SSSR count). The fraction of sp³-hybridized carbons (Fsp3) is 0.100. The van der Waals surface area contributed by atoms with Crippen molar-refractivity contribution in [3.63, 3.8) is 0 Å². The van der Waals surface area contributed by atoms with Gasteiger partial charge in [-0.2, -0.15) is 18.4 Å². The second-order valence-corrected chi connectivity index (χ2v) is 5.85. The lowest BCUT2D eigenvalue weighted by atomic mass is 10.1. The predicted molar refractivity (Wildman–Crippen MR) is 93.6 cm³/mol. The molecule has 29 heavy (non-hydrogen) atoms. The monoisotopic (exact) mass is 404 g/mol. The van der Waals surface area contributed by atoms with Crippen molar-refractivity contribution >= 4 is 11.6 Å². The summed E-state index contributed by atoms with van der Waals surface area (Å²) >= 11 is 0. The second kappa shape index (κ2) is 8.06. The third kappa shape index (κ3) is 4.73. The molecule has 0 bridgehead atoms. The maximum atomic E-state index is 13.8. The van der Waals surface area contributed by atoms with Crippen LogP contribution in [0.1, 0.15) is 27.2 Å². The van der Waals surface area contributed by atoms with Gasteiger partial charge in [-0.1, -0.05) is 6.07 Å². The average Bonchev–Trinajstić information content (AvgIpc) is 3.16. The van der Waals surface area contributed by atoms with Crippen molar-refractivity contribution in [1.29, 1.82) is 5.26 Å². The van der Waals surface area contributed by atoms with Gasteiger partial charge < -0.3 is 14.5 Å². The highest BCUT2D eigenvalue weighted by Gasteiger charge is 2.31. The molecule has 0 radical (unpaired) electrons. The normalized spacial score (nSPS) is 11.0. The van der Waals surface area contributed by atoms with Crippen LogP contribution in [-0.2, 0) is 12.8 Å². The number of nitrogens with zero attached hydrogens (tertiary/aromatic N) is 1. The number of nitriles is 1. The van der Waals surface area contributed by atoms with Crippen LogP contribution >= 0.6 is 0 Å². The number of carbonyl (C=O) groups is 1. The first-order chi connectivity index (χ1) is 13.8. The summed E-state index contributed by atoms with van der Waals surface area (Å²) in [6.45, 7) is -0.112. The van der Waals surface area contributed by atoms with Gasteiger partial charge in [-0.25, -0.2) is 4.39 Å². The number of benzene rings is 2. The third-order valence-electron chi connectivity index (χ3n) is 3.85. The third-order valence-corrected chi connectivity index (χ3v) is 3.85. The Morgan fingerprint density at radius 1 is 1.17 bits per heavy atom. The van der Waals surface area contributed by atoms with E-state index in [9.17, 15) is 22.4 Å². The average molecular weight is 404 g/mol. The topological polar surface area (TPSA) is 75.3 Å². The van der Waals surface area contributed by atoms with Crippen molar-refractivity contribution in [2.75, 3.05) is 5.32 Å². The van der Waals surface area contributed by atoms with E-state index in [1.165, 1.54) is 18.4 Å². The summed E-state index contributed by atoms with van der Waals surface area (Å²) in [6, 6.07) is 11.4. The molecule has 1 amide bonds. The Hall–Kier alpha value is -3.80. The largest absolute Gasteiger partial charge is 0.489 e. The highest BCUT2D eigenvalue weighted by molar-refractivity contribution is 6.03. The number of halogens is 4. The number of carbonyl (C=O) groups excluding carboxylic acids is 1. The lowest BCUT2D eigenvalue weighted by molar-refractivity contribution is -0.137. The van der Waals surface area contributed by atoms with Crippen LogP contribution in [0.2, 0.25) is 0 Å². The quantitative estimate of drug-likeness (QED) is 0.598. The highest BCUT2D eigenvalue weighted by Crippen LogP contribution is 2.32. The molecular weight excluding hydrogens is 392 g/mol. The fourth-order valence-electron chi connectivity index (χ4n) is 2.44. The molecule has 9 heteroatoms. The number of ether oxygens (including phenoxy) is 1. The molecule has 1 aromatic heterocycles. The van der Waals surface area contributed by atoms with Crippen LogP contribution in [0.15, 0.2) is 59.2 Å². The Labute approximate surface area is 162 Å². The molecule has 1 N–H and O–H groups in total. The van der Waals surface area contributed by atoms with Gasteiger partial charge in [0.25, 0.3) is 5.91 Å². The minimum atomic E-state index is -4.69. The zero-order valence-electron chi connectivity index (χ0n) is 14.6. The Morgan fingerprint density at radius 3 is 2.69 bits per heavy atom. The number of hydrogen-bond donors (Lipinski definition) is 1. The van der Waals surface area contributed by atoms with E-state index in [1.807, 2.05) is 6.07 Å². The molecule has 0 atom stereocenters. The zero-order valence-corrected chi connectivity index (χ0v) is 14.6. The summed E-state index contributed by atoms with van der Waals surface area (Å²) in [4.78, 5) is 12.4. The number of hydrogen-bond acceptors (Lipinski definition) is 4. The molecule has 0 aliphatic heterocycles. The summed E-state index contributed by atoms with van der Waals surface area (Å²) in [5.74, 6) is -1.82. The molecule has 1 heterocycles. The van der Waals surface area contributed by atoms with Gasteiger partial charge in [-0.05, 0) is 42.5 Å². The van der Waals surface area contributed by atoms with E-state index in [0.29, 0.717) is 29.5 Å². The van der Waals surface area contributed by atoms with Crippen molar-refractivity contribution in [3.8, 4) is 11.8 Å². The minimum absolute atomic E-state index is 0.112. The molecule has 0 saturated heterocycles. The maximum absolute atomic E-state index is 13.8. The molecule has 148 valence electrons. The van der Waals surface area contributed by atoms with Crippen molar-refractivity contribution in [1.82, 2.24) is 0 Å². The van der Waals surface area contributed by atoms with Crippen LogP contribution in [0.4, 0.5) is 23.2 Å². The first-order valence-corrected chi connectivity index (χ1v) is 8.15. The lowest BCUT2D eigenvalue weighted by Crippen LogP contribution is -2.16. The summed E-state index contributed by atoms with van der Waals surface area (Å²) < 4.78 is 62.8. The van der Waals surface area contributed by atoms with Gasteiger partial charge in [0.1, 0.15) is 18.2 Å². The number of furan rings is 1. The van der Waals surface area contributed by atoms with Crippen molar-refractivity contribution in [2.24, 2.45) is 0 Å². The van der Waals surface area contributed by atoms with Gasteiger partial charge in [0.15, 0.2) is 5.76 Å². The molecule has 0 unspecified atom stereocenters. The van der Waals surface area contributed by atoms with E-state index < -0.39 is 29.2 Å². The molecule has 2 aromatic carbocycles. The smallest absolute Gasteiger partial charge is 0.416 e. The van der Waals surface area contributed by atoms with E-state index in [1.54, 1.807) is 18.2 Å². The van der Waals surface area contributed by atoms with Gasteiger partial charge in [0.2, 0.25) is 0 Å². The summed E-state index contributed by atoms with van der Waals surface area (Å²) in [5, 5.41) is 11.0. The van der Waals surface area contributed by atoms with Gasteiger partial charge in [0, 0.05) is 5.56 Å². The summed E-state index contributed by atoms with van der Waals surface area (Å²) in [6.07, 6.45) is -3.49. The molecule has 3 aromatic rings. The Balaban J connectivity index is 1.75. The van der Waals surface area contributed by atoms with Crippen LogP contribution < -0.4 is 10.1 Å². The van der Waals surface area contributed by atoms with Crippen molar-refractivity contribution in [2.45, 2.75) is 12.8 Å². The predicted octanol–water partition coefficient (Wildman–Crippen LogP) is 5.14. The Kier molecular flexibility index (Phi) is 5.54. The van der Waals surface area contributed by atoms with E-state index in [-0.39, 0.29) is 17.9 Å². The molecule has 0 fully saturated rings. The van der Waals surface area contributed by atoms with Gasteiger partial charge in [0.05, 0.1) is 29.1 Å². The molecular formula is C20H12F4N2O3. The van der Waals surface area contributed by atoms with Crippen molar-refractivity contribution < 1.29 is 31.5 Å². The summed E-state index contributed by atoms with van der Waals surface area (Å²) in [5.41, 5.74) is -1.06. The Morgan fingerprint density at radius 2 is 1.97 bits per heavy atom. The van der Waals surface area contributed by atoms with Crippen LogP contribution in [0.25, 0.3) is 0 Å². The fourth-order valence-corrected chi connectivity index (χ4v) is 2.44. The van der Waals surface area contributed by atoms with Crippen molar-refractivity contribution in [3.05, 3.63) is 83.1 Å². The number of anilines is 1. The number of amides is 1. The van der Waals surface area contributed by atoms with Gasteiger partial charge in [-0.15, -0.1) is 0 Å². The molecule has 5 nitrogen and oxygen atoms in total.